The second kappa shape index (κ2) is 5.71. The normalized spacial score (nSPS) is 13.6. The largest absolute Gasteiger partial charge is 0.497 e. The van der Waals surface area contributed by atoms with Gasteiger partial charge in [-0.15, -0.1) is 0 Å². The van der Waals surface area contributed by atoms with Gasteiger partial charge in [0.05, 0.1) is 19.3 Å². The number of benzene rings is 1. The summed E-state index contributed by atoms with van der Waals surface area (Å²) in [6, 6.07) is 11.4. The summed E-state index contributed by atoms with van der Waals surface area (Å²) in [5, 5.41) is 13.1. The van der Waals surface area contributed by atoms with Gasteiger partial charge in [-0.25, -0.2) is 0 Å². The Kier molecular flexibility index (Phi) is 4.02. The molecule has 19 heavy (non-hydrogen) atoms. The van der Waals surface area contributed by atoms with Crippen molar-refractivity contribution in [3.63, 3.8) is 0 Å². The predicted molar refractivity (Wildman–Crippen MR) is 75.3 cm³/mol. The molecule has 0 fully saturated rings. The zero-order valence-electron chi connectivity index (χ0n) is 11.1. The minimum atomic E-state index is -0.560. The van der Waals surface area contributed by atoms with Gasteiger partial charge in [-0.05, 0) is 36.8 Å². The number of aliphatic hydroxyl groups is 1. The van der Waals surface area contributed by atoms with E-state index in [9.17, 15) is 5.11 Å². The fourth-order valence-corrected chi connectivity index (χ4v) is 1.94. The van der Waals surface area contributed by atoms with Gasteiger partial charge in [0.15, 0.2) is 0 Å². The maximum atomic E-state index is 9.71. The molecule has 1 unspecified atom stereocenters. The minimum absolute atomic E-state index is 0.0196. The van der Waals surface area contributed by atoms with Crippen molar-refractivity contribution in [3.05, 3.63) is 54.4 Å². The molecule has 4 nitrogen and oxygen atoms in total. The summed E-state index contributed by atoms with van der Waals surface area (Å²) >= 11 is 0. The van der Waals surface area contributed by atoms with Crippen molar-refractivity contribution in [1.29, 1.82) is 0 Å². The second-order valence-corrected chi connectivity index (χ2v) is 4.58. The highest BCUT2D eigenvalue weighted by molar-refractivity contribution is 5.51. The lowest BCUT2D eigenvalue weighted by molar-refractivity contribution is 0.224. The standard InChI is InChI=1S/C15H18N2O2/c1-15(11-18,12-6-8-16-9-7-12)17-13-4-3-5-14(10-13)19-2/h3-10,17-18H,11H2,1-2H3. The average Bonchev–Trinajstić information content (AvgIpc) is 2.48. The number of rotatable bonds is 5. The molecule has 1 heterocycles. The number of aliphatic hydroxyl groups excluding tert-OH is 1. The van der Waals surface area contributed by atoms with Crippen LogP contribution >= 0.6 is 0 Å². The lowest BCUT2D eigenvalue weighted by Gasteiger charge is -2.30. The fraction of sp³-hybridized carbons (Fsp3) is 0.267. The van der Waals surface area contributed by atoms with Crippen LogP contribution in [0.4, 0.5) is 5.69 Å². The first-order chi connectivity index (χ1) is 9.18. The number of nitrogens with zero attached hydrogens (tertiary/aromatic N) is 1. The van der Waals surface area contributed by atoms with Gasteiger partial charge >= 0.3 is 0 Å². The van der Waals surface area contributed by atoms with Crippen molar-refractivity contribution >= 4 is 5.69 Å². The van der Waals surface area contributed by atoms with E-state index in [0.717, 1.165) is 17.0 Å². The summed E-state index contributed by atoms with van der Waals surface area (Å²) in [5.74, 6) is 0.778. The molecule has 0 aliphatic carbocycles. The molecule has 0 saturated heterocycles. The van der Waals surface area contributed by atoms with E-state index in [1.54, 1.807) is 19.5 Å². The molecule has 0 spiro atoms. The third kappa shape index (κ3) is 3.03. The Morgan fingerprint density at radius 3 is 2.63 bits per heavy atom. The van der Waals surface area contributed by atoms with Crippen LogP contribution in [0.5, 0.6) is 5.75 Å². The van der Waals surface area contributed by atoms with Crippen LogP contribution in [0, 0.1) is 0 Å². The van der Waals surface area contributed by atoms with Crippen LogP contribution in [0.2, 0.25) is 0 Å². The summed E-state index contributed by atoms with van der Waals surface area (Å²) < 4.78 is 5.20. The molecule has 1 atom stereocenters. The van der Waals surface area contributed by atoms with E-state index in [-0.39, 0.29) is 6.61 Å². The molecule has 1 aromatic heterocycles. The van der Waals surface area contributed by atoms with Crippen molar-refractivity contribution in [1.82, 2.24) is 4.98 Å². The molecular formula is C15H18N2O2. The molecule has 0 aliphatic heterocycles. The van der Waals surface area contributed by atoms with E-state index in [1.807, 2.05) is 43.3 Å². The first kappa shape index (κ1) is 13.4. The number of pyridine rings is 1. The zero-order valence-corrected chi connectivity index (χ0v) is 11.1. The van der Waals surface area contributed by atoms with Gasteiger partial charge in [0.1, 0.15) is 5.75 Å². The number of ether oxygens (including phenoxy) is 1. The van der Waals surface area contributed by atoms with Crippen molar-refractivity contribution in [2.45, 2.75) is 12.5 Å². The minimum Gasteiger partial charge on any atom is -0.497 e. The van der Waals surface area contributed by atoms with Crippen LogP contribution < -0.4 is 10.1 Å². The van der Waals surface area contributed by atoms with Crippen molar-refractivity contribution in [3.8, 4) is 5.75 Å². The van der Waals surface area contributed by atoms with Gasteiger partial charge in [0.2, 0.25) is 0 Å². The van der Waals surface area contributed by atoms with E-state index in [0.29, 0.717) is 0 Å². The van der Waals surface area contributed by atoms with Crippen LogP contribution in [0.25, 0.3) is 0 Å². The van der Waals surface area contributed by atoms with Gasteiger partial charge in [-0.3, -0.25) is 4.98 Å². The number of hydrogen-bond donors (Lipinski definition) is 2. The van der Waals surface area contributed by atoms with Gasteiger partial charge in [0.25, 0.3) is 0 Å². The summed E-state index contributed by atoms with van der Waals surface area (Å²) in [6.07, 6.45) is 3.44. The molecule has 0 radical (unpaired) electrons. The number of hydrogen-bond acceptors (Lipinski definition) is 4. The summed E-state index contributed by atoms with van der Waals surface area (Å²) in [5.41, 5.74) is 1.32. The Labute approximate surface area is 113 Å². The molecule has 0 amide bonds. The van der Waals surface area contributed by atoms with Gasteiger partial charge in [0, 0.05) is 24.1 Å². The number of nitrogens with one attached hydrogen (secondary N) is 1. The van der Waals surface area contributed by atoms with Crippen molar-refractivity contribution < 1.29 is 9.84 Å². The molecule has 2 rings (SSSR count). The molecule has 2 aromatic rings. The molecular weight excluding hydrogens is 240 g/mol. The maximum absolute atomic E-state index is 9.71. The zero-order chi connectivity index (χ0) is 13.7. The Balaban J connectivity index is 2.27. The SMILES string of the molecule is COc1cccc(NC(C)(CO)c2ccncc2)c1. The summed E-state index contributed by atoms with van der Waals surface area (Å²) in [4.78, 5) is 4.00. The fourth-order valence-electron chi connectivity index (χ4n) is 1.94. The van der Waals surface area contributed by atoms with E-state index >= 15 is 0 Å². The third-order valence-corrected chi connectivity index (χ3v) is 3.12. The molecule has 0 saturated carbocycles. The van der Waals surface area contributed by atoms with Crippen LogP contribution in [0.3, 0.4) is 0 Å². The summed E-state index contributed by atoms with van der Waals surface area (Å²) in [7, 11) is 1.63. The van der Waals surface area contributed by atoms with Crippen LogP contribution in [-0.2, 0) is 5.54 Å². The lowest BCUT2D eigenvalue weighted by Crippen LogP contribution is -2.35. The van der Waals surface area contributed by atoms with Crippen LogP contribution in [-0.4, -0.2) is 23.8 Å². The van der Waals surface area contributed by atoms with E-state index in [4.69, 9.17) is 4.74 Å². The second-order valence-electron chi connectivity index (χ2n) is 4.58. The lowest BCUT2D eigenvalue weighted by atomic mass is 9.93. The smallest absolute Gasteiger partial charge is 0.120 e. The molecule has 2 N–H and O–H groups in total. The molecule has 1 aromatic carbocycles. The Morgan fingerprint density at radius 1 is 1.26 bits per heavy atom. The molecule has 4 heteroatoms. The molecule has 0 bridgehead atoms. The Morgan fingerprint density at radius 2 is 2.00 bits per heavy atom. The number of anilines is 1. The Hall–Kier alpha value is -2.07. The highest BCUT2D eigenvalue weighted by Crippen LogP contribution is 2.27. The predicted octanol–water partition coefficient (Wildman–Crippen LogP) is 2.41. The van der Waals surface area contributed by atoms with Crippen molar-refractivity contribution in [2.75, 3.05) is 19.0 Å². The first-order valence-corrected chi connectivity index (χ1v) is 6.11. The third-order valence-electron chi connectivity index (χ3n) is 3.12. The van der Waals surface area contributed by atoms with Crippen LogP contribution in [0.1, 0.15) is 12.5 Å². The Bertz CT molecular complexity index is 531. The molecule has 100 valence electrons. The van der Waals surface area contributed by atoms with Gasteiger partial charge in [-0.2, -0.15) is 0 Å². The highest BCUT2D eigenvalue weighted by Gasteiger charge is 2.25. The van der Waals surface area contributed by atoms with E-state index in [2.05, 4.69) is 10.3 Å². The van der Waals surface area contributed by atoms with E-state index < -0.39 is 5.54 Å². The van der Waals surface area contributed by atoms with Crippen LogP contribution in [0.15, 0.2) is 48.8 Å². The number of aromatic nitrogens is 1. The quantitative estimate of drug-likeness (QED) is 0.864. The number of methoxy groups -OCH3 is 1. The molecule has 0 aliphatic rings. The monoisotopic (exact) mass is 258 g/mol. The first-order valence-electron chi connectivity index (χ1n) is 6.11. The van der Waals surface area contributed by atoms with Gasteiger partial charge < -0.3 is 15.2 Å². The van der Waals surface area contributed by atoms with E-state index in [1.165, 1.54) is 0 Å². The average molecular weight is 258 g/mol. The van der Waals surface area contributed by atoms with Gasteiger partial charge in [-0.1, -0.05) is 6.07 Å². The maximum Gasteiger partial charge on any atom is 0.120 e. The van der Waals surface area contributed by atoms with Crippen molar-refractivity contribution in [2.24, 2.45) is 0 Å². The highest BCUT2D eigenvalue weighted by atomic mass is 16.5. The summed E-state index contributed by atoms with van der Waals surface area (Å²) in [6.45, 7) is 1.93. The topological polar surface area (TPSA) is 54.4 Å².